The molecule has 0 aromatic carbocycles. The molecule has 1 amide bonds. The van der Waals surface area contributed by atoms with E-state index in [9.17, 15) is 4.79 Å². The zero-order valence-electron chi connectivity index (χ0n) is 9.73. The van der Waals surface area contributed by atoms with Crippen molar-refractivity contribution in [1.29, 1.82) is 0 Å². The average Bonchev–Trinajstić information content (AvgIpc) is 2.64. The van der Waals surface area contributed by atoms with Gasteiger partial charge in [-0.15, -0.1) is 0 Å². The highest BCUT2D eigenvalue weighted by molar-refractivity contribution is 5.92. The van der Waals surface area contributed by atoms with Gasteiger partial charge in [-0.25, -0.2) is 4.98 Å². The number of hydrogen-bond donors (Lipinski definition) is 1. The largest absolute Gasteiger partial charge is 0.347 e. The predicted octanol–water partition coefficient (Wildman–Crippen LogP) is 0.824. The molecule has 86 valence electrons. The first-order valence-electron chi connectivity index (χ1n) is 5.58. The standard InChI is InChI=1S/C12H17N3O/c1-9-4-3-5-11(13-9)12(16)14-10-6-7-15(2)8-10/h3-5,10H,6-8H2,1-2H3,(H,14,16). The number of likely N-dealkylation sites (N-methyl/N-ethyl adjacent to an activating group) is 1. The SMILES string of the molecule is Cc1cccc(C(=O)NC2CCN(C)C2)n1. The lowest BCUT2D eigenvalue weighted by Crippen LogP contribution is -2.36. The number of carbonyl (C=O) groups excluding carboxylic acids is 1. The summed E-state index contributed by atoms with van der Waals surface area (Å²) in [6.45, 7) is 3.86. The van der Waals surface area contributed by atoms with E-state index in [1.807, 2.05) is 19.1 Å². The van der Waals surface area contributed by atoms with Crippen LogP contribution < -0.4 is 5.32 Å². The topological polar surface area (TPSA) is 45.2 Å². The smallest absolute Gasteiger partial charge is 0.270 e. The Hall–Kier alpha value is -1.42. The molecule has 2 heterocycles. The molecule has 16 heavy (non-hydrogen) atoms. The van der Waals surface area contributed by atoms with Crippen LogP contribution in [0, 0.1) is 6.92 Å². The number of nitrogens with one attached hydrogen (secondary N) is 1. The molecule has 0 saturated carbocycles. The first kappa shape index (κ1) is 11.1. The number of rotatable bonds is 2. The van der Waals surface area contributed by atoms with Crippen LogP contribution >= 0.6 is 0 Å². The molecular weight excluding hydrogens is 202 g/mol. The van der Waals surface area contributed by atoms with Crippen molar-refractivity contribution in [3.63, 3.8) is 0 Å². The van der Waals surface area contributed by atoms with Gasteiger partial charge in [0.05, 0.1) is 0 Å². The molecular formula is C12H17N3O. The quantitative estimate of drug-likeness (QED) is 0.801. The summed E-state index contributed by atoms with van der Waals surface area (Å²) >= 11 is 0. The third-order valence-corrected chi connectivity index (χ3v) is 2.85. The highest BCUT2D eigenvalue weighted by atomic mass is 16.1. The summed E-state index contributed by atoms with van der Waals surface area (Å²) in [5, 5.41) is 3.01. The third-order valence-electron chi connectivity index (χ3n) is 2.85. The summed E-state index contributed by atoms with van der Waals surface area (Å²) in [5.41, 5.74) is 1.38. The van der Waals surface area contributed by atoms with Crippen molar-refractivity contribution >= 4 is 5.91 Å². The number of amides is 1. The van der Waals surface area contributed by atoms with Crippen LogP contribution in [0.5, 0.6) is 0 Å². The lowest BCUT2D eigenvalue weighted by molar-refractivity contribution is 0.0933. The highest BCUT2D eigenvalue weighted by Gasteiger charge is 2.21. The predicted molar refractivity (Wildman–Crippen MR) is 62.3 cm³/mol. The molecule has 0 spiro atoms. The fraction of sp³-hybridized carbons (Fsp3) is 0.500. The second kappa shape index (κ2) is 4.61. The minimum absolute atomic E-state index is 0.0657. The average molecular weight is 219 g/mol. The van der Waals surface area contributed by atoms with Crippen molar-refractivity contribution in [1.82, 2.24) is 15.2 Å². The summed E-state index contributed by atoms with van der Waals surface area (Å²) in [4.78, 5) is 18.3. The molecule has 1 fully saturated rings. The van der Waals surface area contributed by atoms with Crippen molar-refractivity contribution in [2.45, 2.75) is 19.4 Å². The van der Waals surface area contributed by atoms with E-state index in [4.69, 9.17) is 0 Å². The second-order valence-corrected chi connectivity index (χ2v) is 4.39. The fourth-order valence-corrected chi connectivity index (χ4v) is 1.98. The Balaban J connectivity index is 1.98. The van der Waals surface area contributed by atoms with Crippen LogP contribution in [-0.2, 0) is 0 Å². The van der Waals surface area contributed by atoms with Crippen molar-refractivity contribution in [2.75, 3.05) is 20.1 Å². The molecule has 4 nitrogen and oxygen atoms in total. The fourth-order valence-electron chi connectivity index (χ4n) is 1.98. The van der Waals surface area contributed by atoms with Crippen LogP contribution in [0.25, 0.3) is 0 Å². The number of aromatic nitrogens is 1. The molecule has 1 unspecified atom stereocenters. The number of aryl methyl sites for hydroxylation is 1. The maximum atomic E-state index is 11.9. The van der Waals surface area contributed by atoms with Gasteiger partial charge in [-0.1, -0.05) is 6.07 Å². The van der Waals surface area contributed by atoms with Crippen molar-refractivity contribution in [3.05, 3.63) is 29.6 Å². The van der Waals surface area contributed by atoms with E-state index < -0.39 is 0 Å². The van der Waals surface area contributed by atoms with Gasteiger partial charge >= 0.3 is 0 Å². The van der Waals surface area contributed by atoms with E-state index in [0.717, 1.165) is 25.2 Å². The maximum absolute atomic E-state index is 11.9. The Bertz CT molecular complexity index is 392. The molecule has 2 rings (SSSR count). The minimum atomic E-state index is -0.0657. The van der Waals surface area contributed by atoms with Crippen LogP contribution in [0.2, 0.25) is 0 Å². The second-order valence-electron chi connectivity index (χ2n) is 4.39. The van der Waals surface area contributed by atoms with Gasteiger partial charge < -0.3 is 10.2 Å². The van der Waals surface area contributed by atoms with Crippen molar-refractivity contribution < 1.29 is 4.79 Å². The van der Waals surface area contributed by atoms with Crippen LogP contribution in [0.3, 0.4) is 0 Å². The molecule has 4 heteroatoms. The van der Waals surface area contributed by atoms with Gasteiger partial charge in [-0.2, -0.15) is 0 Å². The van der Waals surface area contributed by atoms with Crippen molar-refractivity contribution in [2.24, 2.45) is 0 Å². The maximum Gasteiger partial charge on any atom is 0.270 e. The summed E-state index contributed by atoms with van der Waals surface area (Å²) in [6, 6.07) is 5.76. The van der Waals surface area contributed by atoms with Crippen LogP contribution in [0.15, 0.2) is 18.2 Å². The molecule has 0 aliphatic carbocycles. The van der Waals surface area contributed by atoms with Crippen molar-refractivity contribution in [3.8, 4) is 0 Å². The van der Waals surface area contributed by atoms with Gasteiger partial charge in [0.15, 0.2) is 0 Å². The summed E-state index contributed by atoms with van der Waals surface area (Å²) in [7, 11) is 2.07. The Morgan fingerprint density at radius 2 is 2.38 bits per heavy atom. The number of pyridine rings is 1. The van der Waals surface area contributed by atoms with E-state index in [2.05, 4.69) is 22.2 Å². The molecule has 1 aliphatic heterocycles. The number of nitrogens with zero attached hydrogens (tertiary/aromatic N) is 2. The van der Waals surface area contributed by atoms with Gasteiger partial charge in [0.25, 0.3) is 5.91 Å². The zero-order valence-corrected chi connectivity index (χ0v) is 9.73. The zero-order chi connectivity index (χ0) is 11.5. The molecule has 1 aromatic rings. The summed E-state index contributed by atoms with van der Waals surface area (Å²) in [5.74, 6) is -0.0657. The van der Waals surface area contributed by atoms with E-state index in [0.29, 0.717) is 5.69 Å². The molecule has 1 aliphatic rings. The lowest BCUT2D eigenvalue weighted by atomic mass is 10.2. The number of likely N-dealkylation sites (tertiary alicyclic amines) is 1. The molecule has 1 saturated heterocycles. The third kappa shape index (κ3) is 2.58. The first-order chi connectivity index (χ1) is 7.65. The Labute approximate surface area is 95.7 Å². The monoisotopic (exact) mass is 219 g/mol. The first-order valence-corrected chi connectivity index (χ1v) is 5.58. The highest BCUT2D eigenvalue weighted by Crippen LogP contribution is 2.07. The van der Waals surface area contributed by atoms with E-state index in [-0.39, 0.29) is 11.9 Å². The van der Waals surface area contributed by atoms with E-state index in [1.165, 1.54) is 0 Å². The Kier molecular flexibility index (Phi) is 3.19. The van der Waals surface area contributed by atoms with E-state index >= 15 is 0 Å². The number of hydrogen-bond acceptors (Lipinski definition) is 3. The van der Waals surface area contributed by atoms with Crippen LogP contribution in [-0.4, -0.2) is 42.0 Å². The van der Waals surface area contributed by atoms with Gasteiger partial charge in [-0.05, 0) is 39.1 Å². The molecule has 0 bridgehead atoms. The summed E-state index contributed by atoms with van der Waals surface area (Å²) < 4.78 is 0. The normalized spacial score (nSPS) is 21.0. The molecule has 1 aromatic heterocycles. The van der Waals surface area contributed by atoms with E-state index in [1.54, 1.807) is 6.07 Å². The van der Waals surface area contributed by atoms with Gasteiger partial charge in [0, 0.05) is 18.3 Å². The Morgan fingerprint density at radius 3 is 3.00 bits per heavy atom. The molecule has 0 radical (unpaired) electrons. The molecule has 1 atom stereocenters. The lowest BCUT2D eigenvalue weighted by Gasteiger charge is -2.12. The minimum Gasteiger partial charge on any atom is -0.347 e. The van der Waals surface area contributed by atoms with Crippen LogP contribution in [0.4, 0.5) is 0 Å². The number of carbonyl (C=O) groups is 1. The van der Waals surface area contributed by atoms with Gasteiger partial charge in [-0.3, -0.25) is 4.79 Å². The summed E-state index contributed by atoms with van der Waals surface area (Å²) in [6.07, 6.45) is 1.02. The van der Waals surface area contributed by atoms with Gasteiger partial charge in [0.2, 0.25) is 0 Å². The Morgan fingerprint density at radius 1 is 1.56 bits per heavy atom. The van der Waals surface area contributed by atoms with Crippen LogP contribution in [0.1, 0.15) is 22.6 Å². The van der Waals surface area contributed by atoms with Gasteiger partial charge in [0.1, 0.15) is 5.69 Å². The molecule has 1 N–H and O–H groups in total.